The third-order valence-corrected chi connectivity index (χ3v) is 3.10. The highest BCUT2D eigenvalue weighted by atomic mass is 35.5. The van der Waals surface area contributed by atoms with Crippen molar-refractivity contribution in [2.75, 3.05) is 11.9 Å². The van der Waals surface area contributed by atoms with Crippen molar-refractivity contribution >= 4 is 17.4 Å². The van der Waals surface area contributed by atoms with E-state index in [1.54, 1.807) is 6.07 Å². The molecule has 1 N–H and O–H groups in total. The van der Waals surface area contributed by atoms with E-state index < -0.39 is 0 Å². The normalized spacial score (nSPS) is 23.2. The molecule has 1 heterocycles. The van der Waals surface area contributed by atoms with E-state index in [4.69, 9.17) is 16.3 Å². The van der Waals surface area contributed by atoms with Crippen LogP contribution in [0.3, 0.4) is 0 Å². The molecular formula is C12H18ClN3O. The summed E-state index contributed by atoms with van der Waals surface area (Å²) in [5, 5.41) is 3.84. The number of rotatable bonds is 5. The maximum absolute atomic E-state index is 5.96. The summed E-state index contributed by atoms with van der Waals surface area (Å²) in [5.41, 5.74) is 0. The fourth-order valence-corrected chi connectivity index (χ4v) is 2.23. The Kier molecular flexibility index (Phi) is 4.18. The molecule has 2 rings (SSSR count). The molecule has 0 saturated heterocycles. The van der Waals surface area contributed by atoms with Crippen LogP contribution >= 0.6 is 11.6 Å². The van der Waals surface area contributed by atoms with Crippen LogP contribution in [0.4, 0.5) is 5.82 Å². The quantitative estimate of drug-likeness (QED) is 0.822. The molecule has 0 amide bonds. The van der Waals surface area contributed by atoms with Gasteiger partial charge in [0.1, 0.15) is 17.6 Å². The summed E-state index contributed by atoms with van der Waals surface area (Å²) in [6.07, 6.45) is 2.39. The van der Waals surface area contributed by atoms with Gasteiger partial charge in [-0.25, -0.2) is 9.97 Å². The predicted molar refractivity (Wildman–Crippen MR) is 68.2 cm³/mol. The summed E-state index contributed by atoms with van der Waals surface area (Å²) in [6, 6.07) is 2.29. The molecule has 5 heteroatoms. The van der Waals surface area contributed by atoms with Crippen molar-refractivity contribution < 1.29 is 4.74 Å². The molecule has 1 saturated carbocycles. The Balaban J connectivity index is 1.98. The first kappa shape index (κ1) is 12.6. The summed E-state index contributed by atoms with van der Waals surface area (Å²) in [6.45, 7) is 5.26. The molecule has 0 radical (unpaired) electrons. The van der Waals surface area contributed by atoms with Gasteiger partial charge in [0.15, 0.2) is 5.82 Å². The fraction of sp³-hybridized carbons (Fsp3) is 0.667. The van der Waals surface area contributed by atoms with E-state index in [1.165, 1.54) is 12.8 Å². The second-order valence-corrected chi connectivity index (χ2v) is 4.93. The molecule has 4 nitrogen and oxygen atoms in total. The minimum atomic E-state index is 0.410. The van der Waals surface area contributed by atoms with Gasteiger partial charge in [0.25, 0.3) is 0 Å². The third-order valence-electron chi connectivity index (χ3n) is 2.90. The van der Waals surface area contributed by atoms with Gasteiger partial charge in [-0.1, -0.05) is 18.5 Å². The monoisotopic (exact) mass is 255 g/mol. The van der Waals surface area contributed by atoms with Gasteiger partial charge in [-0.2, -0.15) is 0 Å². The van der Waals surface area contributed by atoms with E-state index in [9.17, 15) is 0 Å². The molecule has 0 bridgehead atoms. The van der Waals surface area contributed by atoms with Gasteiger partial charge >= 0.3 is 0 Å². The Bertz CT molecular complexity index is 380. The number of hydrogen-bond acceptors (Lipinski definition) is 4. The summed E-state index contributed by atoms with van der Waals surface area (Å²) < 4.78 is 5.28. The van der Waals surface area contributed by atoms with Gasteiger partial charge in [-0.15, -0.1) is 0 Å². The molecule has 0 aliphatic heterocycles. The van der Waals surface area contributed by atoms with E-state index in [1.807, 2.05) is 6.92 Å². The average molecular weight is 256 g/mol. The number of hydrogen-bond donors (Lipinski definition) is 1. The van der Waals surface area contributed by atoms with Crippen molar-refractivity contribution in [3.05, 3.63) is 17.0 Å². The highest BCUT2D eigenvalue weighted by Gasteiger charge is 2.25. The van der Waals surface area contributed by atoms with Crippen LogP contribution in [0.2, 0.25) is 5.15 Å². The van der Waals surface area contributed by atoms with Crippen molar-refractivity contribution in [3.8, 4) is 0 Å². The number of nitrogens with one attached hydrogen (secondary N) is 1. The molecule has 94 valence electrons. The number of halogens is 1. The number of anilines is 1. The Morgan fingerprint density at radius 3 is 2.88 bits per heavy atom. The number of aromatic nitrogens is 2. The minimum absolute atomic E-state index is 0.410. The van der Waals surface area contributed by atoms with E-state index in [2.05, 4.69) is 22.2 Å². The van der Waals surface area contributed by atoms with Crippen LogP contribution in [-0.4, -0.2) is 22.6 Å². The van der Waals surface area contributed by atoms with Gasteiger partial charge in [0.05, 0.1) is 0 Å². The van der Waals surface area contributed by atoms with Gasteiger partial charge < -0.3 is 10.1 Å². The Hall–Kier alpha value is -0.870. The smallest absolute Gasteiger partial charge is 0.158 e. The maximum atomic E-state index is 5.96. The molecule has 1 aromatic rings. The van der Waals surface area contributed by atoms with Crippen molar-refractivity contribution in [1.29, 1.82) is 0 Å². The molecule has 17 heavy (non-hydrogen) atoms. The van der Waals surface area contributed by atoms with Crippen molar-refractivity contribution in [3.63, 3.8) is 0 Å². The van der Waals surface area contributed by atoms with Crippen LogP contribution in [0.15, 0.2) is 6.07 Å². The maximum Gasteiger partial charge on any atom is 0.158 e. The van der Waals surface area contributed by atoms with Gasteiger partial charge in [0.2, 0.25) is 0 Å². The van der Waals surface area contributed by atoms with Gasteiger partial charge in [-0.3, -0.25) is 0 Å². The summed E-state index contributed by atoms with van der Waals surface area (Å²) in [4.78, 5) is 8.51. The summed E-state index contributed by atoms with van der Waals surface area (Å²) in [7, 11) is 0. The van der Waals surface area contributed by atoms with Gasteiger partial charge in [-0.05, 0) is 25.7 Å². The second kappa shape index (κ2) is 5.65. The third kappa shape index (κ3) is 3.54. The van der Waals surface area contributed by atoms with Crippen LogP contribution in [0.25, 0.3) is 0 Å². The lowest BCUT2D eigenvalue weighted by atomic mass is 9.82. The Morgan fingerprint density at radius 2 is 2.24 bits per heavy atom. The van der Waals surface area contributed by atoms with E-state index in [0.29, 0.717) is 30.2 Å². The van der Waals surface area contributed by atoms with E-state index in [0.717, 1.165) is 11.7 Å². The molecule has 0 unspecified atom stereocenters. The number of nitrogens with zero attached hydrogens (tertiary/aromatic N) is 2. The molecular weight excluding hydrogens is 238 g/mol. The zero-order valence-corrected chi connectivity index (χ0v) is 11.0. The van der Waals surface area contributed by atoms with E-state index in [-0.39, 0.29) is 0 Å². The molecule has 1 aliphatic rings. The lowest BCUT2D eigenvalue weighted by molar-refractivity contribution is 0.128. The van der Waals surface area contributed by atoms with Crippen LogP contribution < -0.4 is 5.32 Å². The molecule has 0 atom stereocenters. The molecule has 1 aromatic heterocycles. The van der Waals surface area contributed by atoms with E-state index >= 15 is 0 Å². The highest BCUT2D eigenvalue weighted by molar-refractivity contribution is 6.29. The largest absolute Gasteiger partial charge is 0.374 e. The van der Waals surface area contributed by atoms with Crippen molar-refractivity contribution in [1.82, 2.24) is 9.97 Å². The zero-order chi connectivity index (χ0) is 12.3. The molecule has 0 spiro atoms. The van der Waals surface area contributed by atoms with Crippen LogP contribution in [0, 0.1) is 5.92 Å². The first-order valence-electron chi connectivity index (χ1n) is 6.05. The minimum Gasteiger partial charge on any atom is -0.374 e. The summed E-state index contributed by atoms with van der Waals surface area (Å²) in [5.74, 6) is 2.25. The van der Waals surface area contributed by atoms with Crippen molar-refractivity contribution in [2.45, 2.75) is 39.3 Å². The zero-order valence-electron chi connectivity index (χ0n) is 10.2. The molecule has 0 aromatic carbocycles. The second-order valence-electron chi connectivity index (χ2n) is 4.55. The lowest BCUT2D eigenvalue weighted by Gasteiger charge is -2.33. The summed E-state index contributed by atoms with van der Waals surface area (Å²) >= 11 is 5.96. The standard InChI is InChI=1S/C12H18ClN3O/c1-3-17-7-12-15-10(13)6-11(16-12)14-9-4-8(2)5-9/h6,8-9H,3-5,7H2,1-2H3,(H,14,15,16). The van der Waals surface area contributed by atoms with Crippen LogP contribution in [0.5, 0.6) is 0 Å². The Labute approximate surface area is 107 Å². The predicted octanol–water partition coefficient (Wildman–Crippen LogP) is 2.88. The SMILES string of the molecule is CCOCc1nc(Cl)cc(NC2CC(C)C2)n1. The first-order valence-corrected chi connectivity index (χ1v) is 6.43. The van der Waals surface area contributed by atoms with Crippen LogP contribution in [0.1, 0.15) is 32.5 Å². The van der Waals surface area contributed by atoms with Gasteiger partial charge in [0, 0.05) is 18.7 Å². The average Bonchev–Trinajstić information content (AvgIpc) is 2.23. The van der Waals surface area contributed by atoms with Crippen LogP contribution in [-0.2, 0) is 11.3 Å². The molecule has 1 fully saturated rings. The fourth-order valence-electron chi connectivity index (χ4n) is 2.03. The first-order chi connectivity index (χ1) is 8.17. The molecule has 1 aliphatic carbocycles. The highest BCUT2D eigenvalue weighted by Crippen LogP contribution is 2.29. The lowest BCUT2D eigenvalue weighted by Crippen LogP contribution is -2.34. The topological polar surface area (TPSA) is 47.0 Å². The van der Waals surface area contributed by atoms with Crippen molar-refractivity contribution in [2.24, 2.45) is 5.92 Å². The Morgan fingerprint density at radius 1 is 1.47 bits per heavy atom. The number of ether oxygens (including phenoxy) is 1.